The number of carbonyl (C=O) groups is 2. The van der Waals surface area contributed by atoms with E-state index in [0.717, 1.165) is 22.4 Å². The van der Waals surface area contributed by atoms with Crippen molar-refractivity contribution in [2.75, 3.05) is 19.6 Å². The molecule has 0 spiro atoms. The van der Waals surface area contributed by atoms with Gasteiger partial charge in [-0.2, -0.15) is 0 Å². The molecule has 5 rings (SSSR count). The summed E-state index contributed by atoms with van der Waals surface area (Å²) in [5, 5.41) is 3.04. The third kappa shape index (κ3) is 4.57. The molecule has 2 aromatic carbocycles. The largest absolute Gasteiger partial charge is 0.355 e. The van der Waals surface area contributed by atoms with Crippen LogP contribution in [0.5, 0.6) is 0 Å². The van der Waals surface area contributed by atoms with Crippen LogP contribution in [0.25, 0.3) is 11.0 Å². The van der Waals surface area contributed by atoms with Crippen LogP contribution in [-0.4, -0.2) is 55.5 Å². The number of hydrogen-bond acceptors (Lipinski definition) is 4. The number of benzene rings is 2. The average molecular weight is 457 g/mol. The molecule has 34 heavy (non-hydrogen) atoms. The number of aryl methyl sites for hydroxylation is 1. The lowest BCUT2D eigenvalue weighted by molar-refractivity contribution is -0.124. The zero-order valence-electron chi connectivity index (χ0n) is 19.2. The lowest BCUT2D eigenvalue weighted by Gasteiger charge is -2.17. The number of rotatable bonds is 7. The summed E-state index contributed by atoms with van der Waals surface area (Å²) in [7, 11) is 2.00. The van der Waals surface area contributed by atoms with E-state index in [4.69, 9.17) is 0 Å². The van der Waals surface area contributed by atoms with Gasteiger partial charge in [0.1, 0.15) is 5.82 Å². The van der Waals surface area contributed by atoms with E-state index >= 15 is 0 Å². The number of imidazole rings is 2. The van der Waals surface area contributed by atoms with Gasteiger partial charge in [-0.1, -0.05) is 24.3 Å². The summed E-state index contributed by atoms with van der Waals surface area (Å²) in [4.78, 5) is 36.3. The van der Waals surface area contributed by atoms with E-state index in [1.807, 2.05) is 66.3 Å². The minimum atomic E-state index is -0.182. The number of likely N-dealkylation sites (tertiary alicyclic amines) is 1. The molecule has 1 aliphatic rings. The summed E-state index contributed by atoms with van der Waals surface area (Å²) in [5.74, 6) is 0.740. The van der Waals surface area contributed by atoms with Crippen molar-refractivity contribution in [3.05, 3.63) is 84.2 Å². The fourth-order valence-corrected chi connectivity index (χ4v) is 4.60. The van der Waals surface area contributed by atoms with Crippen LogP contribution in [-0.2, 0) is 24.8 Å². The highest BCUT2D eigenvalue weighted by Crippen LogP contribution is 2.20. The molecule has 0 bridgehead atoms. The highest BCUT2D eigenvalue weighted by atomic mass is 16.2. The maximum absolute atomic E-state index is 13.1. The SMILES string of the molecule is Cn1c(CCNC(=O)C2CCN(C(=O)c3cccc(Cn4ccnc4)c3)C2)nc2ccccc21. The van der Waals surface area contributed by atoms with Gasteiger partial charge in [0.2, 0.25) is 5.91 Å². The molecule has 8 nitrogen and oxygen atoms in total. The van der Waals surface area contributed by atoms with Gasteiger partial charge in [0, 0.05) is 57.6 Å². The van der Waals surface area contributed by atoms with Gasteiger partial charge in [-0.3, -0.25) is 9.59 Å². The molecule has 1 N–H and O–H groups in total. The third-order valence-corrected chi connectivity index (χ3v) is 6.47. The summed E-state index contributed by atoms with van der Waals surface area (Å²) in [6.45, 7) is 2.23. The highest BCUT2D eigenvalue weighted by molar-refractivity contribution is 5.95. The molecule has 1 aliphatic heterocycles. The lowest BCUT2D eigenvalue weighted by atomic mass is 10.1. The molecule has 0 aliphatic carbocycles. The van der Waals surface area contributed by atoms with Gasteiger partial charge in [0.15, 0.2) is 0 Å². The number of amides is 2. The fourth-order valence-electron chi connectivity index (χ4n) is 4.60. The third-order valence-electron chi connectivity index (χ3n) is 6.47. The van der Waals surface area contributed by atoms with Crippen molar-refractivity contribution in [3.63, 3.8) is 0 Å². The minimum absolute atomic E-state index is 0.00271. The first-order chi connectivity index (χ1) is 16.6. The van der Waals surface area contributed by atoms with Crippen molar-refractivity contribution in [1.82, 2.24) is 29.3 Å². The zero-order chi connectivity index (χ0) is 23.5. The van der Waals surface area contributed by atoms with Crippen molar-refractivity contribution in [1.29, 1.82) is 0 Å². The first kappa shape index (κ1) is 21.9. The van der Waals surface area contributed by atoms with Gasteiger partial charge >= 0.3 is 0 Å². The summed E-state index contributed by atoms with van der Waals surface area (Å²) >= 11 is 0. The number of aromatic nitrogens is 4. The molecule has 174 valence electrons. The van der Waals surface area contributed by atoms with E-state index in [2.05, 4.69) is 19.9 Å². The lowest BCUT2D eigenvalue weighted by Crippen LogP contribution is -2.35. The molecule has 0 saturated carbocycles. The second-order valence-electron chi connectivity index (χ2n) is 8.79. The minimum Gasteiger partial charge on any atom is -0.355 e. The van der Waals surface area contributed by atoms with E-state index in [9.17, 15) is 9.59 Å². The highest BCUT2D eigenvalue weighted by Gasteiger charge is 2.31. The van der Waals surface area contributed by atoms with Gasteiger partial charge in [-0.15, -0.1) is 0 Å². The topological polar surface area (TPSA) is 85.0 Å². The Hall–Kier alpha value is -3.94. The van der Waals surface area contributed by atoms with Gasteiger partial charge in [0.05, 0.1) is 23.3 Å². The predicted octanol–water partition coefficient (Wildman–Crippen LogP) is 2.64. The molecule has 1 unspecified atom stereocenters. The smallest absolute Gasteiger partial charge is 0.253 e. The zero-order valence-corrected chi connectivity index (χ0v) is 19.2. The van der Waals surface area contributed by atoms with Crippen LogP contribution in [0.4, 0.5) is 0 Å². The summed E-state index contributed by atoms with van der Waals surface area (Å²) in [6.07, 6.45) is 6.74. The standard InChI is InChI=1S/C26H28N6O2/c1-30-23-8-3-2-7-22(23)29-24(30)9-11-28-25(33)21-10-13-32(17-21)26(34)20-6-4-5-19(15-20)16-31-14-12-27-18-31/h2-8,12,14-15,18,21H,9-11,13,16-17H2,1H3,(H,28,33). The molecule has 4 aromatic rings. The Morgan fingerprint density at radius 1 is 1.15 bits per heavy atom. The van der Waals surface area contributed by atoms with Crippen LogP contribution >= 0.6 is 0 Å². The molecule has 2 aromatic heterocycles. The van der Waals surface area contributed by atoms with E-state index in [1.54, 1.807) is 17.4 Å². The summed E-state index contributed by atoms with van der Waals surface area (Å²) in [5.41, 5.74) is 3.74. The molecule has 2 amide bonds. The molecular formula is C26H28N6O2. The molecule has 1 atom stereocenters. The van der Waals surface area contributed by atoms with E-state index in [0.29, 0.717) is 44.6 Å². The van der Waals surface area contributed by atoms with Crippen molar-refractivity contribution in [2.45, 2.75) is 19.4 Å². The van der Waals surface area contributed by atoms with Crippen LogP contribution in [0.2, 0.25) is 0 Å². The number of fused-ring (bicyclic) bond motifs is 1. The quantitative estimate of drug-likeness (QED) is 0.463. The van der Waals surface area contributed by atoms with Gasteiger partial charge in [-0.05, 0) is 36.2 Å². The Balaban J connectivity index is 1.14. The van der Waals surface area contributed by atoms with E-state index in [1.165, 1.54) is 0 Å². The first-order valence-electron chi connectivity index (χ1n) is 11.6. The Bertz CT molecular complexity index is 1310. The molecule has 1 saturated heterocycles. The van der Waals surface area contributed by atoms with Crippen LogP contribution < -0.4 is 5.32 Å². The first-order valence-corrected chi connectivity index (χ1v) is 11.6. The summed E-state index contributed by atoms with van der Waals surface area (Å²) < 4.78 is 4.03. The van der Waals surface area contributed by atoms with Gasteiger partial charge in [0.25, 0.3) is 5.91 Å². The number of hydrogen-bond donors (Lipinski definition) is 1. The molecule has 1 fully saturated rings. The van der Waals surface area contributed by atoms with E-state index < -0.39 is 0 Å². The van der Waals surface area contributed by atoms with Gasteiger partial charge < -0.3 is 19.4 Å². The molecule has 0 radical (unpaired) electrons. The summed E-state index contributed by atoms with van der Waals surface area (Å²) in [6, 6.07) is 15.7. The fraction of sp³-hybridized carbons (Fsp3) is 0.308. The number of carbonyl (C=O) groups excluding carboxylic acids is 2. The molecular weight excluding hydrogens is 428 g/mol. The Morgan fingerprint density at radius 3 is 2.85 bits per heavy atom. The predicted molar refractivity (Wildman–Crippen MR) is 129 cm³/mol. The second kappa shape index (κ2) is 9.51. The van der Waals surface area contributed by atoms with Crippen LogP contribution in [0, 0.1) is 5.92 Å². The second-order valence-corrected chi connectivity index (χ2v) is 8.79. The van der Waals surface area contributed by atoms with Gasteiger partial charge in [-0.25, -0.2) is 9.97 Å². The van der Waals surface area contributed by atoms with Crippen molar-refractivity contribution in [2.24, 2.45) is 13.0 Å². The molecule has 3 heterocycles. The van der Waals surface area contributed by atoms with Crippen LogP contribution in [0.15, 0.2) is 67.3 Å². The monoisotopic (exact) mass is 456 g/mol. The number of nitrogens with zero attached hydrogens (tertiary/aromatic N) is 5. The van der Waals surface area contributed by atoms with E-state index in [-0.39, 0.29) is 17.7 Å². The average Bonchev–Trinajstić information content (AvgIpc) is 3.61. The number of nitrogens with one attached hydrogen (secondary N) is 1. The van der Waals surface area contributed by atoms with Crippen LogP contribution in [0.3, 0.4) is 0 Å². The van der Waals surface area contributed by atoms with Crippen molar-refractivity contribution in [3.8, 4) is 0 Å². The van der Waals surface area contributed by atoms with Crippen LogP contribution in [0.1, 0.15) is 28.2 Å². The Kier molecular flexibility index (Phi) is 6.12. The van der Waals surface area contributed by atoms with Crippen molar-refractivity contribution < 1.29 is 9.59 Å². The molecule has 8 heteroatoms. The Labute approximate surface area is 198 Å². The normalized spacial score (nSPS) is 15.7. The number of para-hydroxylation sites is 2. The Morgan fingerprint density at radius 2 is 2.03 bits per heavy atom. The maximum atomic E-state index is 13.1. The maximum Gasteiger partial charge on any atom is 0.253 e. The van der Waals surface area contributed by atoms with Crippen molar-refractivity contribution >= 4 is 22.8 Å².